The molecule has 1 saturated carbocycles. The lowest BCUT2D eigenvalue weighted by molar-refractivity contribution is -0.143. The Morgan fingerprint density at radius 2 is 2.00 bits per heavy atom. The standard InChI is InChI=1S/C16H15ClN2O3S/c17-11-3-1-10(2-4-11)14-19-12(8-23-14)7-13(20)18-9-16(5-6-16)15(21)22/h1-4,8H,5-7,9H2,(H,18,20)(H,21,22). The van der Waals surface area contributed by atoms with E-state index in [9.17, 15) is 9.59 Å². The van der Waals surface area contributed by atoms with Crippen molar-refractivity contribution in [2.24, 2.45) is 5.41 Å². The monoisotopic (exact) mass is 350 g/mol. The summed E-state index contributed by atoms with van der Waals surface area (Å²) < 4.78 is 0. The Morgan fingerprint density at radius 1 is 1.30 bits per heavy atom. The van der Waals surface area contributed by atoms with Gasteiger partial charge in [-0.15, -0.1) is 11.3 Å². The highest BCUT2D eigenvalue weighted by molar-refractivity contribution is 7.13. The van der Waals surface area contributed by atoms with E-state index >= 15 is 0 Å². The van der Waals surface area contributed by atoms with Gasteiger partial charge in [-0.25, -0.2) is 4.98 Å². The van der Waals surface area contributed by atoms with Crippen LogP contribution in [0.5, 0.6) is 0 Å². The maximum Gasteiger partial charge on any atom is 0.311 e. The average molecular weight is 351 g/mol. The quantitative estimate of drug-likeness (QED) is 0.839. The van der Waals surface area contributed by atoms with Gasteiger partial charge in [-0.3, -0.25) is 9.59 Å². The van der Waals surface area contributed by atoms with Crippen LogP contribution in [0.2, 0.25) is 5.02 Å². The largest absolute Gasteiger partial charge is 0.481 e. The first-order chi connectivity index (χ1) is 11.0. The van der Waals surface area contributed by atoms with Gasteiger partial charge in [-0.2, -0.15) is 0 Å². The molecule has 0 unspecified atom stereocenters. The molecule has 3 rings (SSSR count). The summed E-state index contributed by atoms with van der Waals surface area (Å²) in [5.41, 5.74) is 0.887. The Bertz CT molecular complexity index is 738. The highest BCUT2D eigenvalue weighted by atomic mass is 35.5. The number of carbonyl (C=O) groups is 2. The lowest BCUT2D eigenvalue weighted by Gasteiger charge is -2.10. The summed E-state index contributed by atoms with van der Waals surface area (Å²) in [4.78, 5) is 27.5. The van der Waals surface area contributed by atoms with E-state index in [0.29, 0.717) is 23.6 Å². The summed E-state index contributed by atoms with van der Waals surface area (Å²) in [7, 11) is 0. The second-order valence-electron chi connectivity index (χ2n) is 5.69. The van der Waals surface area contributed by atoms with Crippen molar-refractivity contribution in [2.45, 2.75) is 19.3 Å². The van der Waals surface area contributed by atoms with Crippen LogP contribution in [0.4, 0.5) is 0 Å². The number of benzene rings is 1. The van der Waals surface area contributed by atoms with Gasteiger partial charge in [0.1, 0.15) is 5.01 Å². The van der Waals surface area contributed by atoms with Gasteiger partial charge in [0.25, 0.3) is 0 Å². The van der Waals surface area contributed by atoms with Crippen molar-refractivity contribution in [3.05, 3.63) is 40.4 Å². The number of carbonyl (C=O) groups excluding carboxylic acids is 1. The van der Waals surface area contributed by atoms with Gasteiger partial charge in [0.05, 0.1) is 17.5 Å². The summed E-state index contributed by atoms with van der Waals surface area (Å²) in [6.45, 7) is 0.190. The summed E-state index contributed by atoms with van der Waals surface area (Å²) in [6.07, 6.45) is 1.40. The second-order valence-corrected chi connectivity index (χ2v) is 6.98. The smallest absolute Gasteiger partial charge is 0.311 e. The molecule has 2 N–H and O–H groups in total. The van der Waals surface area contributed by atoms with Crippen LogP contribution >= 0.6 is 22.9 Å². The molecule has 0 radical (unpaired) electrons. The van der Waals surface area contributed by atoms with Crippen LogP contribution in [0.15, 0.2) is 29.6 Å². The minimum atomic E-state index is -0.837. The number of aliphatic carboxylic acids is 1. The van der Waals surface area contributed by atoms with Crippen LogP contribution < -0.4 is 5.32 Å². The van der Waals surface area contributed by atoms with Crippen LogP contribution in [0.25, 0.3) is 10.6 Å². The molecule has 1 fully saturated rings. The summed E-state index contributed by atoms with van der Waals surface area (Å²) >= 11 is 7.32. The Labute approximate surface area is 142 Å². The lowest BCUT2D eigenvalue weighted by atomic mass is 10.1. The predicted octanol–water partition coefficient (Wildman–Crippen LogP) is 2.99. The van der Waals surface area contributed by atoms with Crippen LogP contribution in [0.3, 0.4) is 0 Å². The van der Waals surface area contributed by atoms with E-state index < -0.39 is 11.4 Å². The molecule has 0 atom stereocenters. The van der Waals surface area contributed by atoms with Gasteiger partial charge in [0.15, 0.2) is 0 Å². The number of carboxylic acids is 1. The SMILES string of the molecule is O=C(Cc1csc(-c2ccc(Cl)cc2)n1)NCC1(C(=O)O)CC1. The van der Waals surface area contributed by atoms with Crippen molar-refractivity contribution in [3.63, 3.8) is 0 Å². The van der Waals surface area contributed by atoms with Crippen LogP contribution in [0, 0.1) is 5.41 Å². The Morgan fingerprint density at radius 3 is 2.61 bits per heavy atom. The highest BCUT2D eigenvalue weighted by Crippen LogP contribution is 2.45. The number of nitrogens with one attached hydrogen (secondary N) is 1. The second kappa shape index (κ2) is 6.29. The van der Waals surface area contributed by atoms with E-state index in [4.69, 9.17) is 16.7 Å². The first kappa shape index (κ1) is 16.0. The van der Waals surface area contributed by atoms with Gasteiger partial charge < -0.3 is 10.4 Å². The molecule has 0 saturated heterocycles. The number of hydrogen-bond acceptors (Lipinski definition) is 4. The molecule has 0 bridgehead atoms. The Kier molecular flexibility index (Phi) is 4.37. The number of halogens is 1. The van der Waals surface area contributed by atoms with E-state index in [1.54, 1.807) is 12.1 Å². The Hall–Kier alpha value is -1.92. The average Bonchev–Trinajstić information content (AvgIpc) is 3.19. The topological polar surface area (TPSA) is 79.3 Å². The molecule has 2 aromatic rings. The first-order valence-corrected chi connectivity index (χ1v) is 8.45. The van der Waals surface area contributed by atoms with Crippen molar-refractivity contribution in [1.82, 2.24) is 10.3 Å². The molecule has 0 aliphatic heterocycles. The number of nitrogens with zero attached hydrogens (tertiary/aromatic N) is 1. The van der Waals surface area contributed by atoms with Crippen molar-refractivity contribution in [2.75, 3.05) is 6.54 Å². The number of aromatic nitrogens is 1. The minimum absolute atomic E-state index is 0.153. The third kappa shape index (κ3) is 3.71. The molecule has 1 heterocycles. The van der Waals surface area contributed by atoms with Crippen LogP contribution in [0.1, 0.15) is 18.5 Å². The molecule has 1 aromatic carbocycles. The molecule has 0 spiro atoms. The van der Waals surface area contributed by atoms with Crippen molar-refractivity contribution in [3.8, 4) is 10.6 Å². The van der Waals surface area contributed by atoms with Crippen molar-refractivity contribution >= 4 is 34.8 Å². The maximum atomic E-state index is 11.9. The van der Waals surface area contributed by atoms with Crippen molar-refractivity contribution in [1.29, 1.82) is 0 Å². The fraction of sp³-hybridized carbons (Fsp3) is 0.312. The summed E-state index contributed by atoms with van der Waals surface area (Å²) in [5, 5.41) is 15.1. The van der Waals surface area contributed by atoms with Crippen molar-refractivity contribution < 1.29 is 14.7 Å². The van der Waals surface area contributed by atoms with Gasteiger partial charge in [0.2, 0.25) is 5.91 Å². The molecule has 1 aromatic heterocycles. The zero-order valence-corrected chi connectivity index (χ0v) is 13.8. The number of rotatable bonds is 6. The van der Waals surface area contributed by atoms with Gasteiger partial charge in [-0.1, -0.05) is 23.7 Å². The highest BCUT2D eigenvalue weighted by Gasteiger charge is 2.50. The lowest BCUT2D eigenvalue weighted by Crippen LogP contribution is -2.35. The fourth-order valence-electron chi connectivity index (χ4n) is 2.23. The third-order valence-corrected chi connectivity index (χ3v) is 5.11. The molecule has 1 aliphatic carbocycles. The molecular weight excluding hydrogens is 336 g/mol. The molecule has 1 amide bonds. The minimum Gasteiger partial charge on any atom is -0.481 e. The number of amides is 1. The molecular formula is C16H15ClN2O3S. The van der Waals surface area contributed by atoms with E-state index in [-0.39, 0.29) is 18.9 Å². The van der Waals surface area contributed by atoms with E-state index in [0.717, 1.165) is 10.6 Å². The maximum absolute atomic E-state index is 11.9. The molecule has 23 heavy (non-hydrogen) atoms. The summed E-state index contributed by atoms with van der Waals surface area (Å²) in [6, 6.07) is 7.36. The predicted molar refractivity (Wildman–Crippen MR) is 88.6 cm³/mol. The van der Waals surface area contributed by atoms with E-state index in [1.807, 2.05) is 17.5 Å². The third-order valence-electron chi connectivity index (χ3n) is 3.92. The van der Waals surface area contributed by atoms with Crippen LogP contribution in [-0.4, -0.2) is 28.5 Å². The molecule has 120 valence electrons. The Balaban J connectivity index is 1.57. The van der Waals surface area contributed by atoms with E-state index in [2.05, 4.69) is 10.3 Å². The molecule has 1 aliphatic rings. The molecule has 7 heteroatoms. The zero-order chi connectivity index (χ0) is 16.4. The van der Waals surface area contributed by atoms with Gasteiger partial charge in [0, 0.05) is 22.5 Å². The summed E-state index contributed by atoms with van der Waals surface area (Å²) in [5.74, 6) is -1.04. The fourth-order valence-corrected chi connectivity index (χ4v) is 3.18. The van der Waals surface area contributed by atoms with Gasteiger partial charge in [-0.05, 0) is 25.0 Å². The number of thiazole rings is 1. The molecule has 5 nitrogen and oxygen atoms in total. The van der Waals surface area contributed by atoms with Crippen LogP contribution in [-0.2, 0) is 16.0 Å². The normalized spacial score (nSPS) is 15.2. The van der Waals surface area contributed by atoms with E-state index in [1.165, 1.54) is 11.3 Å². The zero-order valence-electron chi connectivity index (χ0n) is 12.2. The number of carboxylic acid groups (broad SMARTS) is 1. The first-order valence-electron chi connectivity index (χ1n) is 7.19. The van der Waals surface area contributed by atoms with Gasteiger partial charge >= 0.3 is 5.97 Å². The number of hydrogen-bond donors (Lipinski definition) is 2.